The average molecular weight is 291 g/mol. The highest BCUT2D eigenvalue weighted by molar-refractivity contribution is 5.92. The summed E-state index contributed by atoms with van der Waals surface area (Å²) in [6.07, 6.45) is 2.90. The summed E-state index contributed by atoms with van der Waals surface area (Å²) in [6, 6.07) is 6.09. The van der Waals surface area contributed by atoms with Crippen LogP contribution < -0.4 is 11.1 Å². The van der Waals surface area contributed by atoms with Gasteiger partial charge in [0.15, 0.2) is 0 Å². The zero-order valence-corrected chi connectivity index (χ0v) is 12.5. The lowest BCUT2D eigenvalue weighted by molar-refractivity contribution is -0.384. The van der Waals surface area contributed by atoms with Gasteiger partial charge in [-0.15, -0.1) is 0 Å². The van der Waals surface area contributed by atoms with E-state index in [0.717, 1.165) is 0 Å². The summed E-state index contributed by atoms with van der Waals surface area (Å²) in [5.41, 5.74) is 5.81. The first-order chi connectivity index (χ1) is 9.78. The molecule has 0 saturated heterocycles. The van der Waals surface area contributed by atoms with Crippen LogP contribution in [0.15, 0.2) is 30.3 Å². The van der Waals surface area contributed by atoms with Crippen molar-refractivity contribution in [3.63, 3.8) is 0 Å². The lowest BCUT2D eigenvalue weighted by atomic mass is 9.88. The second-order valence-corrected chi connectivity index (χ2v) is 5.45. The van der Waals surface area contributed by atoms with Crippen molar-refractivity contribution in [1.29, 1.82) is 0 Å². The van der Waals surface area contributed by atoms with E-state index in [4.69, 9.17) is 5.73 Å². The van der Waals surface area contributed by atoms with E-state index in [0.29, 0.717) is 12.1 Å². The normalized spacial score (nSPS) is 14.1. The molecule has 21 heavy (non-hydrogen) atoms. The molecular weight excluding hydrogens is 270 g/mol. The summed E-state index contributed by atoms with van der Waals surface area (Å²) in [6.45, 7) is 6.19. The van der Waals surface area contributed by atoms with E-state index >= 15 is 0 Å². The summed E-state index contributed by atoms with van der Waals surface area (Å²) in [5, 5.41) is 13.5. The van der Waals surface area contributed by atoms with Gasteiger partial charge >= 0.3 is 0 Å². The van der Waals surface area contributed by atoms with Crippen LogP contribution in [0.1, 0.15) is 26.3 Å². The van der Waals surface area contributed by atoms with Crippen molar-refractivity contribution in [2.45, 2.75) is 26.3 Å². The van der Waals surface area contributed by atoms with Crippen molar-refractivity contribution in [3.05, 3.63) is 46.0 Å². The van der Waals surface area contributed by atoms with E-state index in [1.54, 1.807) is 18.2 Å². The molecule has 114 valence electrons. The Hall–Kier alpha value is -2.21. The number of nitrogens with zero attached hydrogens (tertiary/aromatic N) is 1. The Morgan fingerprint density at radius 2 is 2.19 bits per heavy atom. The largest absolute Gasteiger partial charge is 0.346 e. The third-order valence-electron chi connectivity index (χ3n) is 3.62. The van der Waals surface area contributed by atoms with Crippen LogP contribution >= 0.6 is 0 Å². The van der Waals surface area contributed by atoms with Crippen LogP contribution in [0.4, 0.5) is 5.69 Å². The second-order valence-electron chi connectivity index (χ2n) is 5.45. The van der Waals surface area contributed by atoms with E-state index in [1.165, 1.54) is 18.2 Å². The first kappa shape index (κ1) is 16.8. The highest BCUT2D eigenvalue weighted by Gasteiger charge is 2.27. The molecule has 0 aromatic heterocycles. The molecule has 0 spiro atoms. The van der Waals surface area contributed by atoms with E-state index in [9.17, 15) is 14.9 Å². The van der Waals surface area contributed by atoms with Gasteiger partial charge in [0.25, 0.3) is 5.69 Å². The Kier molecular flexibility index (Phi) is 5.60. The van der Waals surface area contributed by atoms with Gasteiger partial charge in [0.05, 0.1) is 10.5 Å². The first-order valence-corrected chi connectivity index (χ1v) is 6.73. The molecule has 0 heterocycles. The van der Waals surface area contributed by atoms with Crippen molar-refractivity contribution >= 4 is 17.7 Å². The summed E-state index contributed by atoms with van der Waals surface area (Å²) >= 11 is 0. The first-order valence-electron chi connectivity index (χ1n) is 6.73. The third-order valence-corrected chi connectivity index (χ3v) is 3.62. The number of benzene rings is 1. The number of nitrogens with one attached hydrogen (secondary N) is 1. The highest BCUT2D eigenvalue weighted by Crippen LogP contribution is 2.16. The Labute approximate surface area is 124 Å². The molecule has 0 aliphatic carbocycles. The maximum Gasteiger partial charge on any atom is 0.270 e. The van der Waals surface area contributed by atoms with E-state index in [1.807, 2.05) is 20.8 Å². The Bertz CT molecular complexity index is 555. The topological polar surface area (TPSA) is 98.3 Å². The van der Waals surface area contributed by atoms with E-state index < -0.39 is 10.5 Å². The van der Waals surface area contributed by atoms with Gasteiger partial charge in [0, 0.05) is 24.8 Å². The minimum Gasteiger partial charge on any atom is -0.346 e. The predicted molar refractivity (Wildman–Crippen MR) is 82.6 cm³/mol. The number of carbonyl (C=O) groups excluding carboxylic acids is 1. The van der Waals surface area contributed by atoms with Crippen molar-refractivity contribution in [2.75, 3.05) is 6.54 Å². The van der Waals surface area contributed by atoms with Crippen molar-refractivity contribution in [2.24, 2.45) is 11.7 Å². The molecule has 1 amide bonds. The Morgan fingerprint density at radius 3 is 2.71 bits per heavy atom. The minimum absolute atomic E-state index is 0.00784. The molecule has 0 bridgehead atoms. The molecule has 6 nitrogen and oxygen atoms in total. The predicted octanol–water partition coefficient (Wildman–Crippen LogP) is 2.10. The van der Waals surface area contributed by atoms with E-state index in [2.05, 4.69) is 5.32 Å². The molecule has 1 aromatic carbocycles. The fraction of sp³-hybridized carbons (Fsp3) is 0.400. The molecule has 3 N–H and O–H groups in total. The smallest absolute Gasteiger partial charge is 0.270 e. The molecule has 6 heteroatoms. The standard InChI is InChI=1S/C15H21N3O3/c1-11(2)15(3,10-16)17-14(19)8-7-12-5-4-6-13(9-12)18(20)21/h4-9,11H,10,16H2,1-3H3,(H,17,19)/b8-7+. The molecular formula is C15H21N3O3. The number of hydrogen-bond donors (Lipinski definition) is 2. The molecule has 0 radical (unpaired) electrons. The molecule has 0 fully saturated rings. The number of non-ortho nitro benzene ring substituents is 1. The number of amides is 1. The molecule has 1 aromatic rings. The highest BCUT2D eigenvalue weighted by atomic mass is 16.6. The quantitative estimate of drug-likeness (QED) is 0.476. The summed E-state index contributed by atoms with van der Waals surface area (Å²) in [5.74, 6) is -0.0826. The SMILES string of the molecule is CC(C)C(C)(CN)NC(=O)/C=C/c1cccc([N+](=O)[O-])c1. The molecule has 1 atom stereocenters. The zero-order chi connectivity index (χ0) is 16.0. The molecule has 0 saturated carbocycles. The fourth-order valence-corrected chi connectivity index (χ4v) is 1.67. The minimum atomic E-state index is -0.482. The van der Waals surface area contributed by atoms with Crippen LogP contribution in [0.25, 0.3) is 6.08 Å². The number of nitro groups is 1. The number of nitrogens with two attached hydrogens (primary N) is 1. The number of carbonyl (C=O) groups is 1. The maximum atomic E-state index is 11.9. The Balaban J connectivity index is 2.79. The van der Waals surface area contributed by atoms with Gasteiger partial charge < -0.3 is 11.1 Å². The van der Waals surface area contributed by atoms with Gasteiger partial charge in [0.2, 0.25) is 5.91 Å². The van der Waals surface area contributed by atoms with Crippen LogP contribution in [0.5, 0.6) is 0 Å². The number of nitro benzene ring substituents is 1. The van der Waals surface area contributed by atoms with Gasteiger partial charge in [0.1, 0.15) is 0 Å². The lowest BCUT2D eigenvalue weighted by Gasteiger charge is -2.33. The van der Waals surface area contributed by atoms with Crippen LogP contribution in [-0.4, -0.2) is 22.9 Å². The molecule has 0 aliphatic heterocycles. The number of rotatable bonds is 6. The summed E-state index contributed by atoms with van der Waals surface area (Å²) < 4.78 is 0. The van der Waals surface area contributed by atoms with Gasteiger partial charge in [-0.1, -0.05) is 26.0 Å². The fourth-order valence-electron chi connectivity index (χ4n) is 1.67. The molecule has 1 rings (SSSR count). The van der Waals surface area contributed by atoms with Gasteiger partial charge in [-0.3, -0.25) is 14.9 Å². The zero-order valence-electron chi connectivity index (χ0n) is 12.5. The van der Waals surface area contributed by atoms with Crippen LogP contribution in [0.2, 0.25) is 0 Å². The van der Waals surface area contributed by atoms with E-state index in [-0.39, 0.29) is 17.5 Å². The van der Waals surface area contributed by atoms with Crippen LogP contribution in [0, 0.1) is 16.0 Å². The van der Waals surface area contributed by atoms with Crippen molar-refractivity contribution in [3.8, 4) is 0 Å². The van der Waals surface area contributed by atoms with Gasteiger partial charge in [-0.2, -0.15) is 0 Å². The van der Waals surface area contributed by atoms with Gasteiger partial charge in [-0.05, 0) is 24.5 Å². The second kappa shape index (κ2) is 6.99. The molecule has 1 unspecified atom stereocenters. The summed E-state index contributed by atoms with van der Waals surface area (Å²) in [4.78, 5) is 22.1. The molecule has 0 aliphatic rings. The Morgan fingerprint density at radius 1 is 1.52 bits per heavy atom. The van der Waals surface area contributed by atoms with Gasteiger partial charge in [-0.25, -0.2) is 0 Å². The lowest BCUT2D eigenvalue weighted by Crippen LogP contribution is -2.54. The van der Waals surface area contributed by atoms with Crippen LogP contribution in [0.3, 0.4) is 0 Å². The van der Waals surface area contributed by atoms with Crippen molar-refractivity contribution < 1.29 is 9.72 Å². The average Bonchev–Trinajstić information content (AvgIpc) is 2.45. The number of hydrogen-bond acceptors (Lipinski definition) is 4. The maximum absolute atomic E-state index is 11.9. The summed E-state index contributed by atoms with van der Waals surface area (Å²) in [7, 11) is 0. The third kappa shape index (κ3) is 4.68. The van der Waals surface area contributed by atoms with Crippen molar-refractivity contribution in [1.82, 2.24) is 5.32 Å². The monoisotopic (exact) mass is 291 g/mol. The van der Waals surface area contributed by atoms with Crippen LogP contribution in [-0.2, 0) is 4.79 Å².